The predicted octanol–water partition coefficient (Wildman–Crippen LogP) is 1.28. The maximum Gasteiger partial charge on any atom is 0.321 e. The minimum Gasteiger partial charge on any atom is -0.494 e. The van der Waals surface area contributed by atoms with Crippen LogP contribution in [0.1, 0.15) is 12.6 Å². The third-order valence-electron chi connectivity index (χ3n) is 2.96. The van der Waals surface area contributed by atoms with Gasteiger partial charge < -0.3 is 9.47 Å². The first-order valence-electron chi connectivity index (χ1n) is 6.58. The largest absolute Gasteiger partial charge is 0.494 e. The van der Waals surface area contributed by atoms with Crippen molar-refractivity contribution in [2.45, 2.75) is 19.0 Å². The SMILES string of the molecule is CCOc1ccc2nc(S(=O)(=O)CC(=O)OC)nc(C)c2c1. The molecule has 1 aromatic heterocycles. The van der Waals surface area contributed by atoms with E-state index >= 15 is 0 Å². The average Bonchev–Trinajstić information content (AvgIpc) is 2.47. The molecule has 0 radical (unpaired) electrons. The van der Waals surface area contributed by atoms with Crippen LogP contribution in [0, 0.1) is 6.92 Å². The third-order valence-corrected chi connectivity index (χ3v) is 4.32. The lowest BCUT2D eigenvalue weighted by atomic mass is 10.2. The van der Waals surface area contributed by atoms with Gasteiger partial charge in [-0.2, -0.15) is 0 Å². The number of aromatic nitrogens is 2. The van der Waals surface area contributed by atoms with Gasteiger partial charge in [-0.15, -0.1) is 0 Å². The van der Waals surface area contributed by atoms with Crippen molar-refractivity contribution in [3.63, 3.8) is 0 Å². The fourth-order valence-electron chi connectivity index (χ4n) is 1.91. The topological polar surface area (TPSA) is 95.5 Å². The molecule has 0 bridgehead atoms. The van der Waals surface area contributed by atoms with E-state index in [9.17, 15) is 13.2 Å². The van der Waals surface area contributed by atoms with Crippen LogP contribution in [0.3, 0.4) is 0 Å². The van der Waals surface area contributed by atoms with Crippen molar-refractivity contribution in [1.82, 2.24) is 9.97 Å². The van der Waals surface area contributed by atoms with Crippen molar-refractivity contribution in [2.75, 3.05) is 19.5 Å². The first kappa shape index (κ1) is 16.2. The molecular formula is C14H16N2O5S. The minimum atomic E-state index is -3.93. The smallest absolute Gasteiger partial charge is 0.321 e. The lowest BCUT2D eigenvalue weighted by Gasteiger charge is -2.08. The highest BCUT2D eigenvalue weighted by Gasteiger charge is 2.24. The Hall–Kier alpha value is -2.22. The lowest BCUT2D eigenvalue weighted by molar-refractivity contribution is -0.137. The van der Waals surface area contributed by atoms with E-state index in [1.54, 1.807) is 25.1 Å². The summed E-state index contributed by atoms with van der Waals surface area (Å²) in [6.45, 7) is 4.07. The van der Waals surface area contributed by atoms with Crippen molar-refractivity contribution in [1.29, 1.82) is 0 Å². The van der Waals surface area contributed by atoms with E-state index in [0.717, 1.165) is 7.11 Å². The summed E-state index contributed by atoms with van der Waals surface area (Å²) in [4.78, 5) is 19.2. The number of nitrogens with zero attached hydrogens (tertiary/aromatic N) is 2. The van der Waals surface area contributed by atoms with Gasteiger partial charge in [-0.25, -0.2) is 18.4 Å². The molecule has 2 rings (SSSR count). The molecule has 0 N–H and O–H groups in total. The van der Waals surface area contributed by atoms with Gasteiger partial charge in [-0.3, -0.25) is 4.79 Å². The summed E-state index contributed by atoms with van der Waals surface area (Å²) in [6.07, 6.45) is 0. The van der Waals surface area contributed by atoms with Crippen molar-refractivity contribution in [2.24, 2.45) is 0 Å². The second kappa shape index (κ2) is 6.27. The van der Waals surface area contributed by atoms with Gasteiger partial charge in [0.1, 0.15) is 5.75 Å². The van der Waals surface area contributed by atoms with E-state index in [2.05, 4.69) is 14.7 Å². The molecule has 0 fully saturated rings. The van der Waals surface area contributed by atoms with Crippen LogP contribution in [0.15, 0.2) is 23.4 Å². The molecular weight excluding hydrogens is 308 g/mol. The first-order chi connectivity index (χ1) is 10.4. The Morgan fingerprint density at radius 1 is 1.27 bits per heavy atom. The quantitative estimate of drug-likeness (QED) is 0.604. The molecule has 7 nitrogen and oxygen atoms in total. The second-order valence-electron chi connectivity index (χ2n) is 4.54. The number of fused-ring (bicyclic) bond motifs is 1. The third kappa shape index (κ3) is 3.33. The normalized spacial score (nSPS) is 11.4. The maximum atomic E-state index is 12.1. The Labute approximate surface area is 128 Å². The van der Waals surface area contributed by atoms with Crippen molar-refractivity contribution < 1.29 is 22.7 Å². The Kier molecular flexibility index (Phi) is 4.60. The zero-order valence-corrected chi connectivity index (χ0v) is 13.3. The molecule has 0 aliphatic heterocycles. The lowest BCUT2D eigenvalue weighted by Crippen LogP contribution is -2.19. The summed E-state index contributed by atoms with van der Waals surface area (Å²) in [5.41, 5.74) is 0.967. The zero-order valence-electron chi connectivity index (χ0n) is 12.5. The summed E-state index contributed by atoms with van der Waals surface area (Å²) in [5.74, 6) is -0.981. The minimum absolute atomic E-state index is 0.382. The van der Waals surface area contributed by atoms with Crippen LogP contribution in [0.25, 0.3) is 10.9 Å². The van der Waals surface area contributed by atoms with Crippen LogP contribution in [0.2, 0.25) is 0 Å². The Morgan fingerprint density at radius 2 is 2.00 bits per heavy atom. The van der Waals surface area contributed by atoms with Gasteiger partial charge in [-0.1, -0.05) is 0 Å². The van der Waals surface area contributed by atoms with Gasteiger partial charge in [0.15, 0.2) is 5.75 Å². The Bertz CT molecular complexity index is 817. The summed E-state index contributed by atoms with van der Waals surface area (Å²) < 4.78 is 34.0. The van der Waals surface area contributed by atoms with Crippen LogP contribution in [0.4, 0.5) is 0 Å². The highest BCUT2D eigenvalue weighted by molar-refractivity contribution is 7.91. The molecule has 2 aromatic rings. The van der Waals surface area contributed by atoms with Crippen LogP contribution in [0.5, 0.6) is 5.75 Å². The number of aryl methyl sites for hydroxylation is 1. The van der Waals surface area contributed by atoms with Crippen molar-refractivity contribution in [3.8, 4) is 5.75 Å². The molecule has 0 spiro atoms. The molecule has 8 heteroatoms. The number of rotatable bonds is 5. The molecule has 0 aliphatic rings. The first-order valence-corrected chi connectivity index (χ1v) is 8.23. The number of sulfone groups is 1. The highest BCUT2D eigenvalue weighted by Crippen LogP contribution is 2.23. The average molecular weight is 324 g/mol. The summed E-state index contributed by atoms with van der Waals surface area (Å²) >= 11 is 0. The molecule has 0 unspecified atom stereocenters. The van der Waals surface area contributed by atoms with E-state index in [0.29, 0.717) is 29.0 Å². The highest BCUT2D eigenvalue weighted by atomic mass is 32.2. The molecule has 0 saturated heterocycles. The van der Waals surface area contributed by atoms with Gasteiger partial charge in [-0.05, 0) is 32.0 Å². The molecule has 0 amide bonds. The summed E-state index contributed by atoms with van der Waals surface area (Å²) in [5, 5.41) is 0.315. The van der Waals surface area contributed by atoms with E-state index in [4.69, 9.17) is 4.74 Å². The second-order valence-corrected chi connectivity index (χ2v) is 6.42. The number of benzene rings is 1. The molecule has 0 atom stereocenters. The number of methoxy groups -OCH3 is 1. The summed E-state index contributed by atoms with van der Waals surface area (Å²) in [7, 11) is -2.81. The monoisotopic (exact) mass is 324 g/mol. The number of ether oxygens (including phenoxy) is 2. The predicted molar refractivity (Wildman–Crippen MR) is 79.5 cm³/mol. The van der Waals surface area contributed by atoms with E-state index in [1.807, 2.05) is 6.92 Å². The number of esters is 1. The van der Waals surface area contributed by atoms with E-state index in [1.165, 1.54) is 0 Å². The number of carbonyl (C=O) groups excluding carboxylic acids is 1. The molecule has 0 saturated carbocycles. The van der Waals surface area contributed by atoms with E-state index in [-0.39, 0.29) is 5.16 Å². The Morgan fingerprint density at radius 3 is 2.64 bits per heavy atom. The van der Waals surface area contributed by atoms with Crippen LogP contribution < -0.4 is 4.74 Å². The molecule has 1 heterocycles. The number of hydrogen-bond acceptors (Lipinski definition) is 7. The standard InChI is InChI=1S/C14H16N2O5S/c1-4-21-10-5-6-12-11(7-10)9(2)15-14(16-12)22(18,19)8-13(17)20-3/h5-7H,4,8H2,1-3H3. The van der Waals surface area contributed by atoms with Gasteiger partial charge in [0.2, 0.25) is 15.0 Å². The van der Waals surface area contributed by atoms with Crippen LogP contribution in [-0.4, -0.2) is 43.8 Å². The van der Waals surface area contributed by atoms with Gasteiger partial charge in [0, 0.05) is 5.39 Å². The van der Waals surface area contributed by atoms with E-state index < -0.39 is 21.6 Å². The summed E-state index contributed by atoms with van der Waals surface area (Å²) in [6, 6.07) is 5.12. The maximum absolute atomic E-state index is 12.1. The van der Waals surface area contributed by atoms with Gasteiger partial charge in [0.25, 0.3) is 0 Å². The fraction of sp³-hybridized carbons (Fsp3) is 0.357. The van der Waals surface area contributed by atoms with Crippen molar-refractivity contribution in [3.05, 3.63) is 23.9 Å². The fourth-order valence-corrected chi connectivity index (χ4v) is 2.98. The molecule has 22 heavy (non-hydrogen) atoms. The molecule has 1 aromatic carbocycles. The van der Waals surface area contributed by atoms with Crippen molar-refractivity contribution >= 4 is 26.7 Å². The zero-order chi connectivity index (χ0) is 16.3. The molecule has 118 valence electrons. The van der Waals surface area contributed by atoms with Crippen LogP contribution in [-0.2, 0) is 19.4 Å². The number of carbonyl (C=O) groups is 1. The van der Waals surface area contributed by atoms with Gasteiger partial charge in [0.05, 0.1) is 24.9 Å². The van der Waals surface area contributed by atoms with Gasteiger partial charge >= 0.3 is 5.97 Å². The van der Waals surface area contributed by atoms with Crippen LogP contribution >= 0.6 is 0 Å². The molecule has 0 aliphatic carbocycles. The Balaban J connectivity index is 2.50. The number of hydrogen-bond donors (Lipinski definition) is 0.